The van der Waals surface area contributed by atoms with Gasteiger partial charge in [-0.1, -0.05) is 26.3 Å². The SMILES string of the molecule is C=CC(=O)N(CC[NH+](C(=O)C=C)C(=O)C=C)C(=O)C=C. The Bertz CT molecular complexity index is 396. The number of hydrogen-bond acceptors (Lipinski definition) is 4. The van der Waals surface area contributed by atoms with Gasteiger partial charge in [0.1, 0.15) is 6.54 Å². The van der Waals surface area contributed by atoms with Gasteiger partial charge in [0.15, 0.2) is 0 Å². The number of hydrogen-bond donors (Lipinski definition) is 1. The zero-order chi connectivity index (χ0) is 15.7. The van der Waals surface area contributed by atoms with Gasteiger partial charge in [0.2, 0.25) is 0 Å². The van der Waals surface area contributed by atoms with Gasteiger partial charge in [0.25, 0.3) is 11.8 Å². The van der Waals surface area contributed by atoms with Crippen LogP contribution < -0.4 is 4.90 Å². The van der Waals surface area contributed by atoms with Crippen molar-refractivity contribution in [3.05, 3.63) is 50.6 Å². The summed E-state index contributed by atoms with van der Waals surface area (Å²) in [5.41, 5.74) is 0. The molecule has 0 unspecified atom stereocenters. The first-order valence-electron chi connectivity index (χ1n) is 5.72. The lowest BCUT2D eigenvalue weighted by Gasteiger charge is -2.19. The molecule has 0 bridgehead atoms. The Morgan fingerprint density at radius 1 is 0.800 bits per heavy atom. The maximum absolute atomic E-state index is 11.6. The molecule has 106 valence electrons. The summed E-state index contributed by atoms with van der Waals surface area (Å²) in [4.78, 5) is 46.9. The third-order valence-electron chi connectivity index (χ3n) is 2.43. The molecule has 0 rings (SSSR count). The van der Waals surface area contributed by atoms with Crippen LogP contribution in [0.15, 0.2) is 50.6 Å². The Hall–Kier alpha value is -2.60. The van der Waals surface area contributed by atoms with Crippen LogP contribution in [-0.2, 0) is 19.2 Å². The number of nitrogens with zero attached hydrogens (tertiary/aromatic N) is 1. The Labute approximate surface area is 117 Å². The van der Waals surface area contributed by atoms with Crippen molar-refractivity contribution in [2.75, 3.05) is 13.1 Å². The molecule has 20 heavy (non-hydrogen) atoms. The summed E-state index contributed by atoms with van der Waals surface area (Å²) in [6, 6.07) is 0. The molecule has 0 aliphatic rings. The van der Waals surface area contributed by atoms with Crippen molar-refractivity contribution < 1.29 is 24.1 Å². The van der Waals surface area contributed by atoms with E-state index in [1.165, 1.54) is 0 Å². The standard InChI is InChI=1S/C14H16N2O4/c1-5-11(17)15(12(18)6-2)9-10-16(13(19)7-3)14(20)8-4/h5-8H,1-4,9-10H2/p+1. The van der Waals surface area contributed by atoms with Gasteiger partial charge < -0.3 is 0 Å². The molecule has 6 heteroatoms. The third kappa shape index (κ3) is 4.58. The van der Waals surface area contributed by atoms with Crippen LogP contribution in [0.4, 0.5) is 0 Å². The number of quaternary nitrogens is 1. The predicted molar refractivity (Wildman–Crippen MR) is 73.4 cm³/mol. The molecule has 0 aliphatic carbocycles. The van der Waals surface area contributed by atoms with E-state index in [1.807, 2.05) is 0 Å². The molecule has 0 saturated carbocycles. The van der Waals surface area contributed by atoms with Gasteiger partial charge in [-0.2, -0.15) is 4.90 Å². The fourth-order valence-electron chi connectivity index (χ4n) is 1.39. The van der Waals surface area contributed by atoms with Gasteiger partial charge in [-0.25, -0.2) is 9.59 Å². The molecule has 0 saturated heterocycles. The van der Waals surface area contributed by atoms with E-state index >= 15 is 0 Å². The largest absolute Gasteiger partial charge is 0.344 e. The fourth-order valence-corrected chi connectivity index (χ4v) is 1.39. The molecule has 0 aromatic carbocycles. The second kappa shape index (κ2) is 8.49. The van der Waals surface area contributed by atoms with Gasteiger partial charge in [-0.15, -0.1) is 0 Å². The summed E-state index contributed by atoms with van der Waals surface area (Å²) in [7, 11) is 0. The topological polar surface area (TPSA) is 76.0 Å². The van der Waals surface area contributed by atoms with Crippen molar-refractivity contribution in [2.45, 2.75) is 0 Å². The zero-order valence-electron chi connectivity index (χ0n) is 11.1. The maximum atomic E-state index is 11.6. The molecular weight excluding hydrogens is 260 g/mol. The van der Waals surface area contributed by atoms with Crippen LogP contribution in [0.25, 0.3) is 0 Å². The normalized spacial score (nSPS) is 9.45. The minimum Gasteiger partial charge on any atom is -0.270 e. The maximum Gasteiger partial charge on any atom is 0.344 e. The molecule has 0 radical (unpaired) electrons. The van der Waals surface area contributed by atoms with Crippen LogP contribution >= 0.6 is 0 Å². The van der Waals surface area contributed by atoms with Crippen LogP contribution in [0.5, 0.6) is 0 Å². The minimum absolute atomic E-state index is 0.0884. The third-order valence-corrected chi connectivity index (χ3v) is 2.43. The van der Waals surface area contributed by atoms with Crippen molar-refractivity contribution in [2.24, 2.45) is 0 Å². The highest BCUT2D eigenvalue weighted by Gasteiger charge is 2.26. The summed E-state index contributed by atoms with van der Waals surface area (Å²) in [6.07, 6.45) is 3.91. The summed E-state index contributed by atoms with van der Waals surface area (Å²) < 4.78 is 0. The van der Waals surface area contributed by atoms with E-state index in [1.54, 1.807) is 0 Å². The van der Waals surface area contributed by atoms with Crippen LogP contribution in [0.3, 0.4) is 0 Å². The number of nitrogens with one attached hydrogen (secondary N) is 1. The van der Waals surface area contributed by atoms with Crippen LogP contribution in [-0.4, -0.2) is 41.6 Å². The molecule has 0 aromatic heterocycles. The summed E-state index contributed by atoms with van der Waals surface area (Å²) in [6.45, 7) is 12.9. The highest BCUT2D eigenvalue weighted by molar-refractivity contribution is 6.04. The first-order valence-corrected chi connectivity index (χ1v) is 5.72. The number of rotatable bonds is 7. The van der Waals surface area contributed by atoms with Crippen molar-refractivity contribution >= 4 is 23.6 Å². The molecule has 4 amide bonds. The average Bonchev–Trinajstić information content (AvgIpc) is 2.48. The highest BCUT2D eigenvalue weighted by atomic mass is 16.2. The lowest BCUT2D eigenvalue weighted by Crippen LogP contribution is -3.17. The number of amides is 4. The molecule has 0 atom stereocenters. The first kappa shape index (κ1) is 17.4. The van der Waals surface area contributed by atoms with E-state index in [9.17, 15) is 19.2 Å². The quantitative estimate of drug-likeness (QED) is 0.607. The number of carbonyl (C=O) groups is 4. The molecular formula is C14H17N2O4+. The van der Waals surface area contributed by atoms with Gasteiger partial charge in [0, 0.05) is 12.2 Å². The molecule has 1 N–H and O–H groups in total. The lowest BCUT2D eigenvalue weighted by molar-refractivity contribution is -0.732. The van der Waals surface area contributed by atoms with E-state index < -0.39 is 23.6 Å². The van der Waals surface area contributed by atoms with Gasteiger partial charge in [0.05, 0.1) is 6.54 Å². The molecule has 6 nitrogen and oxygen atoms in total. The predicted octanol–water partition coefficient (Wildman–Crippen LogP) is -0.976. The number of carbonyl (C=O) groups excluding carboxylic acids is 4. The van der Waals surface area contributed by atoms with Gasteiger partial charge >= 0.3 is 11.8 Å². The fraction of sp³-hybridized carbons (Fsp3) is 0.143. The molecule has 0 fully saturated rings. The smallest absolute Gasteiger partial charge is 0.270 e. The van der Waals surface area contributed by atoms with E-state index in [0.29, 0.717) is 0 Å². The van der Waals surface area contributed by atoms with Crippen molar-refractivity contribution in [3.8, 4) is 0 Å². The lowest BCUT2D eigenvalue weighted by atomic mass is 10.3. The molecule has 0 heterocycles. The molecule has 0 spiro atoms. The van der Waals surface area contributed by atoms with Crippen molar-refractivity contribution in [1.29, 1.82) is 0 Å². The Morgan fingerprint density at radius 2 is 1.20 bits per heavy atom. The van der Waals surface area contributed by atoms with Gasteiger partial charge in [-0.05, 0) is 12.2 Å². The second-order valence-corrected chi connectivity index (χ2v) is 3.60. The Kier molecular flexibility index (Phi) is 7.39. The Balaban J connectivity index is 5.04. The summed E-state index contributed by atoms with van der Waals surface area (Å²) in [5, 5.41) is 0. The first-order chi connectivity index (χ1) is 9.42. The molecule has 0 aromatic rings. The van der Waals surface area contributed by atoms with Crippen LogP contribution in [0.2, 0.25) is 0 Å². The van der Waals surface area contributed by atoms with Gasteiger partial charge in [-0.3, -0.25) is 14.5 Å². The van der Waals surface area contributed by atoms with Crippen LogP contribution in [0.1, 0.15) is 0 Å². The minimum atomic E-state index is -0.633. The van der Waals surface area contributed by atoms with Crippen molar-refractivity contribution in [1.82, 2.24) is 4.90 Å². The molecule has 0 aliphatic heterocycles. The Morgan fingerprint density at radius 3 is 1.50 bits per heavy atom. The average molecular weight is 277 g/mol. The van der Waals surface area contributed by atoms with E-state index in [4.69, 9.17) is 0 Å². The van der Waals surface area contributed by atoms with E-state index in [-0.39, 0.29) is 18.0 Å². The number of imide groups is 2. The van der Waals surface area contributed by atoms with Crippen LogP contribution in [0, 0.1) is 0 Å². The van der Waals surface area contributed by atoms with Crippen molar-refractivity contribution in [3.63, 3.8) is 0 Å². The summed E-state index contributed by atoms with van der Waals surface area (Å²) in [5.74, 6) is -2.39. The van der Waals surface area contributed by atoms with E-state index in [0.717, 1.165) is 29.2 Å². The zero-order valence-corrected chi connectivity index (χ0v) is 11.1. The summed E-state index contributed by atoms with van der Waals surface area (Å²) >= 11 is 0. The highest BCUT2D eigenvalue weighted by Crippen LogP contribution is 1.92. The second-order valence-electron chi connectivity index (χ2n) is 3.60. The van der Waals surface area contributed by atoms with E-state index in [2.05, 4.69) is 26.3 Å². The monoisotopic (exact) mass is 277 g/mol.